The van der Waals surface area contributed by atoms with Crippen molar-refractivity contribution in [1.82, 2.24) is 0 Å². The Morgan fingerprint density at radius 3 is 1.43 bits per heavy atom. The minimum Gasteiger partial charge on any atom is -0.398 e. The number of nitrogens with two attached hydrogens (primary N) is 2. The van der Waals surface area contributed by atoms with Crippen molar-refractivity contribution in [2.75, 3.05) is 11.5 Å². The molecule has 21 heavy (non-hydrogen) atoms. The summed E-state index contributed by atoms with van der Waals surface area (Å²) in [5.74, 6) is 0.867. The number of hydrogen-bond acceptors (Lipinski definition) is 3. The summed E-state index contributed by atoms with van der Waals surface area (Å²) in [7, 11) is 0. The Bertz CT molecular complexity index is 578. The maximum absolute atomic E-state index is 6.04. The van der Waals surface area contributed by atoms with Gasteiger partial charge >= 0.3 is 0 Å². The van der Waals surface area contributed by atoms with Crippen LogP contribution in [-0.4, -0.2) is 0 Å². The molecule has 2 aromatic carbocycles. The number of hydrogen-bond donors (Lipinski definition) is 2. The lowest BCUT2D eigenvalue weighted by atomic mass is 10.0. The van der Waals surface area contributed by atoms with E-state index in [9.17, 15) is 0 Å². The van der Waals surface area contributed by atoms with E-state index in [1.165, 1.54) is 20.9 Å². The molecule has 0 saturated carbocycles. The molecule has 0 fully saturated rings. The highest BCUT2D eigenvalue weighted by Crippen LogP contribution is 2.35. The van der Waals surface area contributed by atoms with Crippen molar-refractivity contribution in [3.05, 3.63) is 47.5 Å². The topological polar surface area (TPSA) is 52.0 Å². The first kappa shape index (κ1) is 15.8. The molecule has 2 nitrogen and oxygen atoms in total. The van der Waals surface area contributed by atoms with Crippen LogP contribution in [0.15, 0.2) is 46.2 Å². The molecule has 0 bridgehead atoms. The van der Waals surface area contributed by atoms with Crippen molar-refractivity contribution >= 4 is 23.1 Å². The normalized spacial score (nSPS) is 11.3. The smallest absolute Gasteiger partial charge is 0.0349 e. The first-order chi connectivity index (χ1) is 9.88. The number of nitrogen functional groups attached to an aromatic ring is 2. The standard InChI is InChI=1S/C18H24N2S/c1-11(2)15-9-13(5-7-17(15)19)21-14-6-8-18(20)16(10-14)12(3)4/h5-12H,19-20H2,1-4H3. The summed E-state index contributed by atoms with van der Waals surface area (Å²) in [6, 6.07) is 12.5. The zero-order valence-corrected chi connectivity index (χ0v) is 14.0. The van der Waals surface area contributed by atoms with Gasteiger partial charge in [0, 0.05) is 21.2 Å². The third-order valence-corrected chi connectivity index (χ3v) is 4.58. The van der Waals surface area contributed by atoms with Gasteiger partial charge in [-0.2, -0.15) is 0 Å². The lowest BCUT2D eigenvalue weighted by Crippen LogP contribution is -1.97. The zero-order valence-electron chi connectivity index (χ0n) is 13.2. The van der Waals surface area contributed by atoms with Gasteiger partial charge in [-0.25, -0.2) is 0 Å². The van der Waals surface area contributed by atoms with Crippen LogP contribution in [0.4, 0.5) is 11.4 Å². The molecule has 2 rings (SSSR count). The van der Waals surface area contributed by atoms with E-state index in [0.29, 0.717) is 11.8 Å². The molecule has 3 heteroatoms. The molecule has 112 valence electrons. The van der Waals surface area contributed by atoms with Crippen LogP contribution in [0.2, 0.25) is 0 Å². The second-order valence-corrected chi connectivity index (χ2v) is 7.14. The van der Waals surface area contributed by atoms with Crippen molar-refractivity contribution < 1.29 is 0 Å². The van der Waals surface area contributed by atoms with Crippen LogP contribution in [0.5, 0.6) is 0 Å². The van der Waals surface area contributed by atoms with Gasteiger partial charge in [0.1, 0.15) is 0 Å². The molecule has 0 unspecified atom stereocenters. The van der Waals surface area contributed by atoms with Crippen LogP contribution >= 0.6 is 11.8 Å². The molecule has 0 atom stereocenters. The van der Waals surface area contributed by atoms with Gasteiger partial charge < -0.3 is 11.5 Å². The molecule has 0 radical (unpaired) electrons. The molecular formula is C18H24N2S. The number of anilines is 2. The number of rotatable bonds is 4. The minimum absolute atomic E-state index is 0.434. The first-order valence-electron chi connectivity index (χ1n) is 7.35. The predicted molar refractivity (Wildman–Crippen MR) is 94.0 cm³/mol. The average molecular weight is 300 g/mol. The second kappa shape index (κ2) is 6.44. The predicted octanol–water partition coefficient (Wildman–Crippen LogP) is 5.25. The Balaban J connectivity index is 2.30. The van der Waals surface area contributed by atoms with Crippen LogP contribution in [0.1, 0.15) is 50.7 Å². The van der Waals surface area contributed by atoms with Crippen LogP contribution < -0.4 is 11.5 Å². The molecule has 0 amide bonds. The van der Waals surface area contributed by atoms with Gasteiger partial charge in [0.2, 0.25) is 0 Å². The Kier molecular flexibility index (Phi) is 4.84. The Morgan fingerprint density at radius 1 is 0.714 bits per heavy atom. The molecule has 0 aliphatic heterocycles. The van der Waals surface area contributed by atoms with E-state index in [1.54, 1.807) is 11.8 Å². The highest BCUT2D eigenvalue weighted by Gasteiger charge is 2.09. The molecule has 0 spiro atoms. The highest BCUT2D eigenvalue weighted by atomic mass is 32.2. The first-order valence-corrected chi connectivity index (χ1v) is 8.16. The van der Waals surface area contributed by atoms with Crippen LogP contribution in [0.3, 0.4) is 0 Å². The van der Waals surface area contributed by atoms with E-state index in [1.807, 2.05) is 12.1 Å². The summed E-state index contributed by atoms with van der Waals surface area (Å²) >= 11 is 1.76. The molecule has 0 heterocycles. The maximum atomic E-state index is 6.04. The fraction of sp³-hybridized carbons (Fsp3) is 0.333. The van der Waals surface area contributed by atoms with Gasteiger partial charge in [0.05, 0.1) is 0 Å². The quantitative estimate of drug-likeness (QED) is 0.758. The van der Waals surface area contributed by atoms with E-state index in [-0.39, 0.29) is 0 Å². The third-order valence-electron chi connectivity index (χ3n) is 3.60. The Labute approximate surface area is 131 Å². The van der Waals surface area contributed by atoms with Crippen molar-refractivity contribution in [3.8, 4) is 0 Å². The van der Waals surface area contributed by atoms with E-state index >= 15 is 0 Å². The largest absolute Gasteiger partial charge is 0.398 e. The van der Waals surface area contributed by atoms with E-state index in [2.05, 4.69) is 52.0 Å². The van der Waals surface area contributed by atoms with Crippen molar-refractivity contribution in [2.24, 2.45) is 0 Å². The summed E-state index contributed by atoms with van der Waals surface area (Å²) < 4.78 is 0. The van der Waals surface area contributed by atoms with Gasteiger partial charge in [-0.05, 0) is 59.4 Å². The molecule has 0 saturated heterocycles. The summed E-state index contributed by atoms with van der Waals surface area (Å²) in [5.41, 5.74) is 16.2. The number of benzene rings is 2. The van der Waals surface area contributed by atoms with Gasteiger partial charge in [-0.3, -0.25) is 0 Å². The fourth-order valence-electron chi connectivity index (χ4n) is 2.37. The minimum atomic E-state index is 0.434. The SMILES string of the molecule is CC(C)c1cc(Sc2ccc(N)c(C(C)C)c2)ccc1N. The Morgan fingerprint density at radius 2 is 1.10 bits per heavy atom. The summed E-state index contributed by atoms with van der Waals surface area (Å²) in [6.07, 6.45) is 0. The van der Waals surface area contributed by atoms with E-state index < -0.39 is 0 Å². The summed E-state index contributed by atoms with van der Waals surface area (Å²) in [5, 5.41) is 0. The Hall–Kier alpha value is -1.61. The average Bonchev–Trinajstić information content (AvgIpc) is 2.42. The van der Waals surface area contributed by atoms with Gasteiger partial charge in [0.15, 0.2) is 0 Å². The van der Waals surface area contributed by atoms with Gasteiger partial charge in [-0.15, -0.1) is 0 Å². The lowest BCUT2D eigenvalue weighted by Gasteiger charge is -2.13. The zero-order chi connectivity index (χ0) is 15.6. The van der Waals surface area contributed by atoms with Crippen LogP contribution in [-0.2, 0) is 0 Å². The monoisotopic (exact) mass is 300 g/mol. The van der Waals surface area contributed by atoms with Crippen LogP contribution in [0, 0.1) is 0 Å². The van der Waals surface area contributed by atoms with E-state index in [0.717, 1.165) is 11.4 Å². The summed E-state index contributed by atoms with van der Waals surface area (Å²) in [6.45, 7) is 8.67. The van der Waals surface area contributed by atoms with Gasteiger partial charge in [-0.1, -0.05) is 39.5 Å². The lowest BCUT2D eigenvalue weighted by molar-refractivity contribution is 0.864. The summed E-state index contributed by atoms with van der Waals surface area (Å²) in [4.78, 5) is 2.43. The van der Waals surface area contributed by atoms with Crippen molar-refractivity contribution in [1.29, 1.82) is 0 Å². The highest BCUT2D eigenvalue weighted by molar-refractivity contribution is 7.99. The van der Waals surface area contributed by atoms with Crippen molar-refractivity contribution in [3.63, 3.8) is 0 Å². The molecule has 4 N–H and O–H groups in total. The maximum Gasteiger partial charge on any atom is 0.0349 e. The fourth-order valence-corrected chi connectivity index (χ4v) is 3.28. The third kappa shape index (κ3) is 3.73. The molecular weight excluding hydrogens is 276 g/mol. The second-order valence-electron chi connectivity index (χ2n) is 5.99. The van der Waals surface area contributed by atoms with Crippen molar-refractivity contribution in [2.45, 2.75) is 49.3 Å². The molecule has 0 aliphatic rings. The van der Waals surface area contributed by atoms with E-state index in [4.69, 9.17) is 11.5 Å². The van der Waals surface area contributed by atoms with Gasteiger partial charge in [0.25, 0.3) is 0 Å². The molecule has 0 aliphatic carbocycles. The van der Waals surface area contributed by atoms with Crippen LogP contribution in [0.25, 0.3) is 0 Å². The molecule has 0 aromatic heterocycles. The molecule has 2 aromatic rings.